The first-order valence-corrected chi connectivity index (χ1v) is 3.40. The molecule has 0 aromatic rings. The molecular formula is C6H13ClN2. The van der Waals surface area contributed by atoms with Gasteiger partial charge in [-0.15, -0.1) is 0 Å². The van der Waals surface area contributed by atoms with Gasteiger partial charge in [0, 0.05) is 18.1 Å². The van der Waals surface area contributed by atoms with Crippen LogP contribution in [0.15, 0.2) is 11.6 Å². The number of hydrogen-bond donors (Lipinski definition) is 2. The van der Waals surface area contributed by atoms with Crippen molar-refractivity contribution in [3.63, 3.8) is 0 Å². The minimum absolute atomic E-state index is 0.185. The molecule has 0 heterocycles. The van der Waals surface area contributed by atoms with E-state index < -0.39 is 0 Å². The third-order valence-corrected chi connectivity index (χ3v) is 1.17. The summed E-state index contributed by atoms with van der Waals surface area (Å²) in [5.41, 5.74) is 7.09. The smallest absolute Gasteiger partial charge is 0.0200 e. The quantitative estimate of drug-likeness (QED) is 0.616. The zero-order valence-electron chi connectivity index (χ0n) is 5.60. The van der Waals surface area contributed by atoms with Crippen LogP contribution in [-0.4, -0.2) is 19.6 Å². The van der Waals surface area contributed by atoms with Crippen molar-refractivity contribution in [3.05, 3.63) is 11.6 Å². The molecule has 0 aliphatic rings. The number of rotatable bonds is 4. The summed E-state index contributed by atoms with van der Waals surface area (Å²) >= 11 is 5.29. The van der Waals surface area contributed by atoms with Crippen LogP contribution in [0, 0.1) is 0 Å². The lowest BCUT2D eigenvalue weighted by Gasteiger charge is -2.05. The summed E-state index contributed by atoms with van der Waals surface area (Å²) in [5.74, 6) is 0. The SMILES string of the molecule is CNCC(N)CC=CCl. The fraction of sp³-hybridized carbons (Fsp3) is 0.667. The van der Waals surface area contributed by atoms with Crippen molar-refractivity contribution in [1.82, 2.24) is 5.32 Å². The molecule has 0 bridgehead atoms. The summed E-state index contributed by atoms with van der Waals surface area (Å²) in [7, 11) is 1.88. The van der Waals surface area contributed by atoms with E-state index in [1.54, 1.807) is 0 Å². The molecule has 0 aromatic carbocycles. The summed E-state index contributed by atoms with van der Waals surface area (Å²) in [6, 6.07) is 0.185. The normalized spacial score (nSPS) is 14.6. The van der Waals surface area contributed by atoms with Gasteiger partial charge < -0.3 is 11.1 Å². The first kappa shape index (κ1) is 8.95. The van der Waals surface area contributed by atoms with E-state index in [-0.39, 0.29) is 6.04 Å². The lowest BCUT2D eigenvalue weighted by molar-refractivity contribution is 0.626. The van der Waals surface area contributed by atoms with E-state index in [9.17, 15) is 0 Å². The van der Waals surface area contributed by atoms with Gasteiger partial charge in [0.15, 0.2) is 0 Å². The molecule has 2 nitrogen and oxygen atoms in total. The average Bonchev–Trinajstić information content (AvgIpc) is 1.85. The van der Waals surface area contributed by atoms with Crippen molar-refractivity contribution in [2.75, 3.05) is 13.6 Å². The second kappa shape index (κ2) is 6.08. The first-order chi connectivity index (χ1) is 4.31. The van der Waals surface area contributed by atoms with E-state index in [0.29, 0.717) is 0 Å². The molecule has 0 amide bonds. The van der Waals surface area contributed by atoms with Crippen molar-refractivity contribution in [1.29, 1.82) is 0 Å². The van der Waals surface area contributed by atoms with E-state index in [0.717, 1.165) is 13.0 Å². The maximum atomic E-state index is 5.60. The predicted molar refractivity (Wildman–Crippen MR) is 41.5 cm³/mol. The summed E-state index contributed by atoms with van der Waals surface area (Å²) < 4.78 is 0. The molecule has 0 aliphatic carbocycles. The Balaban J connectivity index is 3.15. The fourth-order valence-corrected chi connectivity index (χ4v) is 0.675. The molecule has 1 atom stereocenters. The van der Waals surface area contributed by atoms with Crippen LogP contribution in [-0.2, 0) is 0 Å². The molecular weight excluding hydrogens is 136 g/mol. The Morgan fingerprint density at radius 3 is 2.89 bits per heavy atom. The minimum Gasteiger partial charge on any atom is -0.326 e. The minimum atomic E-state index is 0.185. The van der Waals surface area contributed by atoms with Crippen molar-refractivity contribution in [2.24, 2.45) is 5.73 Å². The van der Waals surface area contributed by atoms with Gasteiger partial charge in [0.05, 0.1) is 0 Å². The Kier molecular flexibility index (Phi) is 6.04. The zero-order valence-corrected chi connectivity index (χ0v) is 6.36. The third kappa shape index (κ3) is 5.83. The summed E-state index contributed by atoms with van der Waals surface area (Å²) in [4.78, 5) is 0. The van der Waals surface area contributed by atoms with E-state index >= 15 is 0 Å². The Morgan fingerprint density at radius 1 is 1.78 bits per heavy atom. The highest BCUT2D eigenvalue weighted by molar-refractivity contribution is 6.25. The predicted octanol–water partition coefficient (Wildman–Crippen LogP) is 0.676. The van der Waals surface area contributed by atoms with E-state index in [1.165, 1.54) is 5.54 Å². The second-order valence-corrected chi connectivity index (χ2v) is 2.17. The summed E-state index contributed by atoms with van der Waals surface area (Å²) in [6.07, 6.45) is 2.69. The standard InChI is InChI=1S/C6H13ClN2/c1-9-5-6(8)3-2-4-7/h2,4,6,9H,3,5,8H2,1H3. The van der Waals surface area contributed by atoms with Crippen molar-refractivity contribution in [2.45, 2.75) is 12.5 Å². The van der Waals surface area contributed by atoms with Crippen LogP contribution in [0.5, 0.6) is 0 Å². The van der Waals surface area contributed by atoms with Gasteiger partial charge in [-0.25, -0.2) is 0 Å². The van der Waals surface area contributed by atoms with Gasteiger partial charge in [-0.3, -0.25) is 0 Å². The molecule has 54 valence electrons. The third-order valence-electron chi connectivity index (χ3n) is 0.994. The second-order valence-electron chi connectivity index (χ2n) is 1.92. The molecule has 0 rings (SSSR count). The van der Waals surface area contributed by atoms with Crippen LogP contribution in [0.4, 0.5) is 0 Å². The van der Waals surface area contributed by atoms with Gasteiger partial charge in [0.1, 0.15) is 0 Å². The Bertz CT molecular complexity index is 83.1. The van der Waals surface area contributed by atoms with E-state index in [4.69, 9.17) is 17.3 Å². The lowest BCUT2D eigenvalue weighted by Crippen LogP contribution is -2.31. The molecule has 0 spiro atoms. The van der Waals surface area contributed by atoms with Gasteiger partial charge in [0.25, 0.3) is 0 Å². The lowest BCUT2D eigenvalue weighted by atomic mass is 10.2. The maximum absolute atomic E-state index is 5.60. The molecule has 0 aliphatic heterocycles. The fourth-order valence-electron chi connectivity index (χ4n) is 0.572. The monoisotopic (exact) mass is 148 g/mol. The van der Waals surface area contributed by atoms with Crippen LogP contribution in [0.2, 0.25) is 0 Å². The van der Waals surface area contributed by atoms with E-state index in [2.05, 4.69) is 5.32 Å². The number of hydrogen-bond acceptors (Lipinski definition) is 2. The van der Waals surface area contributed by atoms with Crippen LogP contribution < -0.4 is 11.1 Å². The summed E-state index contributed by atoms with van der Waals surface area (Å²) in [5, 5.41) is 2.97. The molecule has 0 aromatic heterocycles. The molecule has 3 heteroatoms. The number of likely N-dealkylation sites (N-methyl/N-ethyl adjacent to an activating group) is 1. The Morgan fingerprint density at radius 2 is 2.44 bits per heavy atom. The molecule has 1 unspecified atom stereocenters. The topological polar surface area (TPSA) is 38.0 Å². The van der Waals surface area contributed by atoms with Crippen molar-refractivity contribution in [3.8, 4) is 0 Å². The molecule has 9 heavy (non-hydrogen) atoms. The largest absolute Gasteiger partial charge is 0.326 e. The van der Waals surface area contributed by atoms with Gasteiger partial charge >= 0.3 is 0 Å². The average molecular weight is 149 g/mol. The zero-order chi connectivity index (χ0) is 7.11. The molecule has 0 radical (unpaired) electrons. The van der Waals surface area contributed by atoms with E-state index in [1.807, 2.05) is 13.1 Å². The molecule has 0 fully saturated rings. The van der Waals surface area contributed by atoms with Gasteiger partial charge in [-0.2, -0.15) is 0 Å². The van der Waals surface area contributed by atoms with Crippen molar-refractivity contribution < 1.29 is 0 Å². The van der Waals surface area contributed by atoms with Gasteiger partial charge in [-0.05, 0) is 13.5 Å². The number of nitrogens with one attached hydrogen (secondary N) is 1. The van der Waals surface area contributed by atoms with Crippen LogP contribution in [0.3, 0.4) is 0 Å². The van der Waals surface area contributed by atoms with Gasteiger partial charge in [-0.1, -0.05) is 17.7 Å². The molecule has 0 saturated carbocycles. The highest BCUT2D eigenvalue weighted by atomic mass is 35.5. The molecule has 3 N–H and O–H groups in total. The molecule has 0 saturated heterocycles. The van der Waals surface area contributed by atoms with Gasteiger partial charge in [0.2, 0.25) is 0 Å². The first-order valence-electron chi connectivity index (χ1n) is 2.96. The Hall–Kier alpha value is -0.0500. The maximum Gasteiger partial charge on any atom is 0.0200 e. The van der Waals surface area contributed by atoms with Crippen LogP contribution >= 0.6 is 11.6 Å². The number of halogens is 1. The highest BCUT2D eigenvalue weighted by Gasteiger charge is 1.94. The van der Waals surface area contributed by atoms with Crippen molar-refractivity contribution >= 4 is 11.6 Å². The highest BCUT2D eigenvalue weighted by Crippen LogP contribution is 1.89. The van der Waals surface area contributed by atoms with Crippen LogP contribution in [0.1, 0.15) is 6.42 Å². The van der Waals surface area contributed by atoms with Crippen LogP contribution in [0.25, 0.3) is 0 Å². The number of nitrogens with two attached hydrogens (primary N) is 1. The summed E-state index contributed by atoms with van der Waals surface area (Å²) in [6.45, 7) is 0.835. The Labute approximate surface area is 61.1 Å².